The summed E-state index contributed by atoms with van der Waals surface area (Å²) in [5, 5.41) is 11.5. The Morgan fingerprint density at radius 3 is 3.00 bits per heavy atom. The monoisotopic (exact) mass is 218 g/mol. The highest BCUT2D eigenvalue weighted by molar-refractivity contribution is 7.14. The van der Waals surface area contributed by atoms with Gasteiger partial charge in [-0.3, -0.25) is 0 Å². The molecule has 2 rings (SSSR count). The summed E-state index contributed by atoms with van der Waals surface area (Å²) in [5.74, 6) is 0.241. The third kappa shape index (κ3) is 2.23. The number of aliphatic hydroxyl groups is 1. The molecule has 72 valence electrons. The van der Waals surface area contributed by atoms with Crippen LogP contribution in [0.4, 0.5) is 0 Å². The second kappa shape index (κ2) is 3.96. The minimum atomic E-state index is -0.307. The summed E-state index contributed by atoms with van der Waals surface area (Å²) in [4.78, 5) is 0. The van der Waals surface area contributed by atoms with Crippen molar-refractivity contribution in [1.82, 2.24) is 0 Å². The Bertz CT molecular complexity index is 287. The number of thiophene rings is 1. The van der Waals surface area contributed by atoms with E-state index in [0.717, 1.165) is 10.8 Å². The van der Waals surface area contributed by atoms with Crippen LogP contribution < -0.4 is 0 Å². The van der Waals surface area contributed by atoms with Gasteiger partial charge in [-0.25, -0.2) is 0 Å². The highest BCUT2D eigenvalue weighted by Crippen LogP contribution is 2.25. The van der Waals surface area contributed by atoms with Gasteiger partial charge in [0.15, 0.2) is 0 Å². The maximum Gasteiger partial charge on any atom is 0.0931 e. The third-order valence-electron chi connectivity index (χ3n) is 2.28. The van der Waals surface area contributed by atoms with Gasteiger partial charge in [-0.1, -0.05) is 11.6 Å². The number of halogens is 1. The van der Waals surface area contributed by atoms with E-state index in [9.17, 15) is 5.11 Å². The molecule has 0 spiro atoms. The topological polar surface area (TPSA) is 29.5 Å². The predicted molar refractivity (Wildman–Crippen MR) is 53.3 cm³/mol. The lowest BCUT2D eigenvalue weighted by molar-refractivity contribution is 0.118. The van der Waals surface area contributed by atoms with E-state index >= 15 is 0 Å². The second-order valence-electron chi connectivity index (χ2n) is 3.33. The normalized spacial score (nSPS) is 28.2. The highest BCUT2D eigenvalue weighted by Gasteiger charge is 2.26. The number of rotatable bonds is 2. The van der Waals surface area contributed by atoms with Crippen molar-refractivity contribution in [3.63, 3.8) is 0 Å². The van der Waals surface area contributed by atoms with Crippen molar-refractivity contribution in [2.24, 2.45) is 5.92 Å². The van der Waals surface area contributed by atoms with Crippen LogP contribution in [0.2, 0.25) is 4.34 Å². The molecule has 1 aromatic heterocycles. The third-order valence-corrected chi connectivity index (χ3v) is 3.42. The molecule has 0 aliphatic carbocycles. The summed E-state index contributed by atoms with van der Waals surface area (Å²) in [6, 6.07) is 1.96. The molecule has 0 bridgehead atoms. The second-order valence-corrected chi connectivity index (χ2v) is 4.87. The first-order valence-corrected chi connectivity index (χ1v) is 5.50. The van der Waals surface area contributed by atoms with Crippen LogP contribution in [0.25, 0.3) is 0 Å². The standard InChI is InChI=1S/C9H11ClO2S/c10-9-2-6(5-13-9)1-7-3-12-4-8(7)11/h2,5,7-8,11H,1,3-4H2. The van der Waals surface area contributed by atoms with E-state index < -0.39 is 0 Å². The van der Waals surface area contributed by atoms with Crippen LogP contribution in [0.1, 0.15) is 5.56 Å². The molecule has 1 aliphatic rings. The highest BCUT2D eigenvalue weighted by atomic mass is 35.5. The van der Waals surface area contributed by atoms with Crippen LogP contribution in [0, 0.1) is 5.92 Å². The van der Waals surface area contributed by atoms with E-state index in [-0.39, 0.29) is 12.0 Å². The zero-order chi connectivity index (χ0) is 9.26. The minimum absolute atomic E-state index is 0.241. The van der Waals surface area contributed by atoms with Gasteiger partial charge in [-0.2, -0.15) is 0 Å². The first-order valence-electron chi connectivity index (χ1n) is 4.24. The summed E-state index contributed by atoms with van der Waals surface area (Å²) in [6.07, 6.45) is 0.559. The van der Waals surface area contributed by atoms with Crippen molar-refractivity contribution >= 4 is 22.9 Å². The Labute approximate surface area is 86.1 Å². The number of aliphatic hydroxyl groups excluding tert-OH is 1. The Morgan fingerprint density at radius 2 is 2.46 bits per heavy atom. The zero-order valence-electron chi connectivity index (χ0n) is 7.07. The van der Waals surface area contributed by atoms with Crippen molar-refractivity contribution in [1.29, 1.82) is 0 Å². The molecule has 4 heteroatoms. The fourth-order valence-electron chi connectivity index (χ4n) is 1.54. The lowest BCUT2D eigenvalue weighted by Gasteiger charge is -2.09. The average molecular weight is 219 g/mol. The van der Waals surface area contributed by atoms with Gasteiger partial charge in [0.1, 0.15) is 0 Å². The molecule has 1 aliphatic heterocycles. The summed E-state index contributed by atoms with van der Waals surface area (Å²) in [7, 11) is 0. The molecule has 1 aromatic rings. The summed E-state index contributed by atoms with van der Waals surface area (Å²) in [6.45, 7) is 1.14. The lowest BCUT2D eigenvalue weighted by atomic mass is 9.99. The van der Waals surface area contributed by atoms with E-state index in [0.29, 0.717) is 13.2 Å². The molecular weight excluding hydrogens is 208 g/mol. The van der Waals surface area contributed by atoms with Crippen LogP contribution in [0.5, 0.6) is 0 Å². The molecule has 13 heavy (non-hydrogen) atoms. The van der Waals surface area contributed by atoms with Crippen molar-refractivity contribution in [2.75, 3.05) is 13.2 Å². The number of ether oxygens (including phenoxy) is 1. The fraction of sp³-hybridized carbons (Fsp3) is 0.556. The molecule has 0 radical (unpaired) electrons. The van der Waals surface area contributed by atoms with Gasteiger partial charge in [-0.05, 0) is 23.4 Å². The molecule has 1 saturated heterocycles. The first-order chi connectivity index (χ1) is 6.25. The molecule has 0 saturated carbocycles. The van der Waals surface area contributed by atoms with Gasteiger partial charge >= 0.3 is 0 Å². The Morgan fingerprint density at radius 1 is 1.62 bits per heavy atom. The molecule has 1 fully saturated rings. The molecule has 2 unspecified atom stereocenters. The van der Waals surface area contributed by atoms with Gasteiger partial charge in [0.2, 0.25) is 0 Å². The predicted octanol–water partition coefficient (Wildman–Crippen LogP) is 1.95. The van der Waals surface area contributed by atoms with Crippen molar-refractivity contribution in [2.45, 2.75) is 12.5 Å². The van der Waals surface area contributed by atoms with Crippen LogP contribution >= 0.6 is 22.9 Å². The average Bonchev–Trinajstić information content (AvgIpc) is 2.64. The number of hydrogen-bond donors (Lipinski definition) is 1. The van der Waals surface area contributed by atoms with Gasteiger partial charge < -0.3 is 9.84 Å². The Kier molecular flexibility index (Phi) is 2.89. The summed E-state index contributed by atoms with van der Waals surface area (Å²) in [5.41, 5.74) is 1.20. The van der Waals surface area contributed by atoms with E-state index in [2.05, 4.69) is 0 Å². The maximum absolute atomic E-state index is 9.50. The van der Waals surface area contributed by atoms with Gasteiger partial charge in [-0.15, -0.1) is 11.3 Å². The Hall–Kier alpha value is -0.0900. The van der Waals surface area contributed by atoms with Crippen LogP contribution in [-0.2, 0) is 11.2 Å². The smallest absolute Gasteiger partial charge is 0.0931 e. The van der Waals surface area contributed by atoms with E-state index in [1.807, 2.05) is 11.4 Å². The molecule has 1 N–H and O–H groups in total. The SMILES string of the molecule is OC1COCC1Cc1csc(Cl)c1. The summed E-state index contributed by atoms with van der Waals surface area (Å²) < 4.78 is 5.98. The minimum Gasteiger partial charge on any atom is -0.390 e. The molecular formula is C9H11ClO2S. The number of hydrogen-bond acceptors (Lipinski definition) is 3. The molecule has 2 atom stereocenters. The van der Waals surface area contributed by atoms with E-state index in [1.165, 1.54) is 16.9 Å². The van der Waals surface area contributed by atoms with Crippen molar-refractivity contribution < 1.29 is 9.84 Å². The van der Waals surface area contributed by atoms with Crippen LogP contribution in [0.3, 0.4) is 0 Å². The quantitative estimate of drug-likeness (QED) is 0.823. The van der Waals surface area contributed by atoms with Gasteiger partial charge in [0.25, 0.3) is 0 Å². The lowest BCUT2D eigenvalue weighted by Crippen LogP contribution is -2.19. The van der Waals surface area contributed by atoms with Crippen molar-refractivity contribution in [3.8, 4) is 0 Å². The Balaban J connectivity index is 1.97. The summed E-state index contributed by atoms with van der Waals surface area (Å²) >= 11 is 7.34. The van der Waals surface area contributed by atoms with Crippen LogP contribution in [-0.4, -0.2) is 24.4 Å². The van der Waals surface area contributed by atoms with Crippen LogP contribution in [0.15, 0.2) is 11.4 Å². The van der Waals surface area contributed by atoms with Gasteiger partial charge in [0.05, 0.1) is 23.7 Å². The van der Waals surface area contributed by atoms with E-state index in [4.69, 9.17) is 16.3 Å². The zero-order valence-corrected chi connectivity index (χ0v) is 8.64. The van der Waals surface area contributed by atoms with E-state index in [1.54, 1.807) is 0 Å². The maximum atomic E-state index is 9.50. The largest absolute Gasteiger partial charge is 0.390 e. The molecule has 0 aromatic carbocycles. The van der Waals surface area contributed by atoms with Gasteiger partial charge in [0, 0.05) is 5.92 Å². The first kappa shape index (κ1) is 9.46. The fourth-order valence-corrected chi connectivity index (χ4v) is 2.46. The molecule has 2 nitrogen and oxygen atoms in total. The van der Waals surface area contributed by atoms with Crippen molar-refractivity contribution in [3.05, 3.63) is 21.3 Å². The molecule has 2 heterocycles. The molecule has 0 amide bonds.